The fourth-order valence-electron chi connectivity index (χ4n) is 1.69. The third-order valence-electron chi connectivity index (χ3n) is 2.77. The average Bonchev–Trinajstić information content (AvgIpc) is 3.07. The third-order valence-corrected chi connectivity index (χ3v) is 3.51. The Labute approximate surface area is 143 Å². The van der Waals surface area contributed by atoms with Crippen LogP contribution in [0.5, 0.6) is 0 Å². The van der Waals surface area contributed by atoms with Gasteiger partial charge in [0.25, 0.3) is 0 Å². The van der Waals surface area contributed by atoms with Crippen LogP contribution in [0.2, 0.25) is 0 Å². The van der Waals surface area contributed by atoms with Crippen molar-refractivity contribution in [1.82, 2.24) is 10.3 Å². The van der Waals surface area contributed by atoms with Crippen molar-refractivity contribution in [3.05, 3.63) is 52.0 Å². The largest absolute Gasteiger partial charge is 0.461 e. The second-order valence-electron chi connectivity index (χ2n) is 4.47. The van der Waals surface area contributed by atoms with Crippen LogP contribution in [0.4, 0.5) is 4.79 Å². The molecule has 0 bridgehead atoms. The average molecular weight is 344 g/mol. The van der Waals surface area contributed by atoms with Gasteiger partial charge in [0.15, 0.2) is 5.69 Å². The number of carbonyl (C=O) groups excluding carboxylic acids is 2. The number of nitrogens with zero attached hydrogens (tertiary/aromatic N) is 1. The summed E-state index contributed by atoms with van der Waals surface area (Å²) in [6, 6.07) is 9.38. The SMILES string of the molecule is CCOC(=O)c1ncsc1C#CCNC(=O)OCc1ccccc1. The summed E-state index contributed by atoms with van der Waals surface area (Å²) < 4.78 is 9.95. The van der Waals surface area contributed by atoms with Gasteiger partial charge >= 0.3 is 12.1 Å². The molecule has 1 heterocycles. The van der Waals surface area contributed by atoms with Gasteiger partial charge in [0, 0.05) is 0 Å². The molecule has 0 saturated heterocycles. The molecule has 124 valence electrons. The standard InChI is InChI=1S/C17H16N2O4S/c1-2-22-16(20)15-14(24-12-19-15)9-6-10-18-17(21)23-11-13-7-4-3-5-8-13/h3-5,7-8,12H,2,10-11H2,1H3,(H,18,21). The molecular weight excluding hydrogens is 328 g/mol. The summed E-state index contributed by atoms with van der Waals surface area (Å²) in [6.07, 6.45) is -0.553. The summed E-state index contributed by atoms with van der Waals surface area (Å²) in [7, 11) is 0. The molecule has 1 N–H and O–H groups in total. The van der Waals surface area contributed by atoms with E-state index in [-0.39, 0.29) is 25.5 Å². The Morgan fingerprint density at radius 2 is 2.04 bits per heavy atom. The first-order valence-corrected chi connectivity index (χ1v) is 8.12. The lowest BCUT2D eigenvalue weighted by Gasteiger charge is -2.04. The fourth-order valence-corrected chi connectivity index (χ4v) is 2.34. The molecule has 1 aromatic heterocycles. The van der Waals surface area contributed by atoms with Crippen molar-refractivity contribution in [2.24, 2.45) is 0 Å². The van der Waals surface area contributed by atoms with Crippen molar-refractivity contribution in [3.8, 4) is 11.8 Å². The lowest BCUT2D eigenvalue weighted by Crippen LogP contribution is -2.24. The number of ether oxygens (including phenoxy) is 2. The zero-order valence-electron chi connectivity index (χ0n) is 13.1. The molecule has 7 heteroatoms. The molecule has 0 radical (unpaired) electrons. The zero-order valence-corrected chi connectivity index (χ0v) is 13.9. The van der Waals surface area contributed by atoms with E-state index in [9.17, 15) is 9.59 Å². The highest BCUT2D eigenvalue weighted by Crippen LogP contribution is 2.12. The Morgan fingerprint density at radius 3 is 2.79 bits per heavy atom. The van der Waals surface area contributed by atoms with Crippen molar-refractivity contribution in [2.45, 2.75) is 13.5 Å². The molecule has 0 fully saturated rings. The summed E-state index contributed by atoms with van der Waals surface area (Å²) in [4.78, 5) is 27.7. The van der Waals surface area contributed by atoms with Crippen LogP contribution < -0.4 is 5.32 Å². The van der Waals surface area contributed by atoms with E-state index in [1.165, 1.54) is 16.8 Å². The van der Waals surface area contributed by atoms with E-state index in [0.29, 0.717) is 4.88 Å². The minimum Gasteiger partial charge on any atom is -0.461 e. The summed E-state index contributed by atoms with van der Waals surface area (Å²) in [5.74, 6) is 5.05. The van der Waals surface area contributed by atoms with Gasteiger partial charge in [-0.15, -0.1) is 11.3 Å². The molecule has 1 aromatic carbocycles. The molecule has 0 aliphatic rings. The van der Waals surface area contributed by atoms with Crippen LogP contribution in [0.1, 0.15) is 27.9 Å². The third kappa shape index (κ3) is 5.41. The van der Waals surface area contributed by atoms with Gasteiger partial charge in [0.1, 0.15) is 11.5 Å². The number of aromatic nitrogens is 1. The van der Waals surface area contributed by atoms with Crippen molar-refractivity contribution in [3.63, 3.8) is 0 Å². The molecule has 0 aliphatic carbocycles. The van der Waals surface area contributed by atoms with Crippen LogP contribution in [-0.2, 0) is 16.1 Å². The second kappa shape index (κ2) is 9.33. The maximum Gasteiger partial charge on any atom is 0.408 e. The maximum absolute atomic E-state index is 11.7. The van der Waals surface area contributed by atoms with Gasteiger partial charge in [0.05, 0.1) is 18.7 Å². The van der Waals surface area contributed by atoms with E-state index in [2.05, 4.69) is 22.1 Å². The van der Waals surface area contributed by atoms with Gasteiger partial charge < -0.3 is 14.8 Å². The molecular formula is C17H16N2O4S. The van der Waals surface area contributed by atoms with E-state index >= 15 is 0 Å². The lowest BCUT2D eigenvalue weighted by atomic mass is 10.2. The number of benzene rings is 1. The Balaban J connectivity index is 1.78. The smallest absolute Gasteiger partial charge is 0.408 e. The molecule has 0 unspecified atom stereocenters. The number of nitrogens with one attached hydrogen (secondary N) is 1. The summed E-state index contributed by atoms with van der Waals surface area (Å²) >= 11 is 1.24. The molecule has 0 spiro atoms. The molecule has 0 atom stereocenters. The summed E-state index contributed by atoms with van der Waals surface area (Å²) in [5.41, 5.74) is 2.63. The van der Waals surface area contributed by atoms with Gasteiger partial charge in [0.2, 0.25) is 0 Å². The van der Waals surface area contributed by atoms with Crippen molar-refractivity contribution in [1.29, 1.82) is 0 Å². The molecule has 24 heavy (non-hydrogen) atoms. The Morgan fingerprint density at radius 1 is 1.25 bits per heavy atom. The minimum atomic E-state index is -0.553. The van der Waals surface area contributed by atoms with E-state index < -0.39 is 12.1 Å². The van der Waals surface area contributed by atoms with Crippen LogP contribution in [0.3, 0.4) is 0 Å². The van der Waals surface area contributed by atoms with Crippen molar-refractivity contribution < 1.29 is 19.1 Å². The van der Waals surface area contributed by atoms with E-state index in [1.54, 1.807) is 6.92 Å². The van der Waals surface area contributed by atoms with Crippen LogP contribution in [0, 0.1) is 11.8 Å². The van der Waals surface area contributed by atoms with Gasteiger partial charge in [-0.1, -0.05) is 42.2 Å². The highest BCUT2D eigenvalue weighted by molar-refractivity contribution is 7.10. The number of amides is 1. The van der Waals surface area contributed by atoms with E-state index in [4.69, 9.17) is 9.47 Å². The molecule has 6 nitrogen and oxygen atoms in total. The second-order valence-corrected chi connectivity index (χ2v) is 5.32. The molecule has 1 amide bonds. The quantitative estimate of drug-likeness (QED) is 0.666. The summed E-state index contributed by atoms with van der Waals surface area (Å²) in [6.45, 7) is 2.30. The first kappa shape index (κ1) is 17.5. The zero-order chi connectivity index (χ0) is 17.2. The lowest BCUT2D eigenvalue weighted by molar-refractivity contribution is 0.0520. The molecule has 0 saturated carbocycles. The minimum absolute atomic E-state index is 0.105. The highest BCUT2D eigenvalue weighted by atomic mass is 32.1. The monoisotopic (exact) mass is 344 g/mol. The van der Waals surface area contributed by atoms with Crippen LogP contribution in [-0.4, -0.2) is 30.2 Å². The first-order valence-electron chi connectivity index (χ1n) is 7.24. The van der Waals surface area contributed by atoms with Crippen LogP contribution in [0.25, 0.3) is 0 Å². The fraction of sp³-hybridized carbons (Fsp3) is 0.235. The predicted molar refractivity (Wildman–Crippen MR) is 89.6 cm³/mol. The normalized spacial score (nSPS) is 9.54. The predicted octanol–water partition coefficient (Wildman–Crippen LogP) is 2.60. The maximum atomic E-state index is 11.7. The van der Waals surface area contributed by atoms with Gasteiger partial charge in [-0.3, -0.25) is 0 Å². The Kier molecular flexibility index (Phi) is 6.80. The molecule has 0 aliphatic heterocycles. The number of hydrogen-bond donors (Lipinski definition) is 1. The number of esters is 1. The number of hydrogen-bond acceptors (Lipinski definition) is 6. The van der Waals surface area contributed by atoms with Gasteiger partial charge in [-0.2, -0.15) is 0 Å². The number of carbonyl (C=O) groups is 2. The number of rotatable bonds is 5. The Hall–Kier alpha value is -2.85. The topological polar surface area (TPSA) is 77.5 Å². The van der Waals surface area contributed by atoms with Gasteiger partial charge in [-0.05, 0) is 12.5 Å². The van der Waals surface area contributed by atoms with E-state index in [0.717, 1.165) is 5.56 Å². The number of thiazole rings is 1. The van der Waals surface area contributed by atoms with E-state index in [1.807, 2.05) is 30.3 Å². The van der Waals surface area contributed by atoms with Crippen LogP contribution >= 0.6 is 11.3 Å². The number of alkyl carbamates (subject to hydrolysis) is 1. The molecule has 2 rings (SSSR count). The summed E-state index contributed by atoms with van der Waals surface area (Å²) in [5, 5.41) is 2.52. The molecule has 2 aromatic rings. The Bertz CT molecular complexity index is 747. The van der Waals surface area contributed by atoms with Crippen LogP contribution in [0.15, 0.2) is 35.8 Å². The highest BCUT2D eigenvalue weighted by Gasteiger charge is 2.14. The first-order chi connectivity index (χ1) is 11.7. The van der Waals surface area contributed by atoms with Crippen molar-refractivity contribution >= 4 is 23.4 Å². The van der Waals surface area contributed by atoms with Crippen molar-refractivity contribution in [2.75, 3.05) is 13.2 Å². The van der Waals surface area contributed by atoms with Gasteiger partial charge in [-0.25, -0.2) is 14.6 Å².